The third-order valence-electron chi connectivity index (χ3n) is 2.81. The highest BCUT2D eigenvalue weighted by molar-refractivity contribution is 7.98. The first-order valence-corrected chi connectivity index (χ1v) is 7.54. The Morgan fingerprint density at radius 2 is 2.05 bits per heavy atom. The van der Waals surface area contributed by atoms with Crippen LogP contribution in [0.4, 0.5) is 0 Å². The van der Waals surface area contributed by atoms with Gasteiger partial charge in [-0.15, -0.1) is 0 Å². The van der Waals surface area contributed by atoms with Gasteiger partial charge >= 0.3 is 0 Å². The number of thioether (sulfide) groups is 1. The van der Waals surface area contributed by atoms with Gasteiger partial charge in [-0.25, -0.2) is 4.98 Å². The Balaban J connectivity index is 1.93. The summed E-state index contributed by atoms with van der Waals surface area (Å²) in [5.41, 5.74) is 3.18. The van der Waals surface area contributed by atoms with E-state index in [-0.39, 0.29) is 6.61 Å². The zero-order chi connectivity index (χ0) is 13.7. The van der Waals surface area contributed by atoms with E-state index in [1.165, 1.54) is 5.56 Å². The molecule has 0 saturated carbocycles. The van der Waals surface area contributed by atoms with E-state index in [9.17, 15) is 0 Å². The number of aliphatic hydroxyl groups excluding tert-OH is 1. The zero-order valence-corrected chi connectivity index (χ0v) is 12.1. The molecule has 0 aliphatic carbocycles. The van der Waals surface area contributed by atoms with E-state index in [4.69, 9.17) is 9.52 Å². The monoisotopic (exact) mass is 277 g/mol. The summed E-state index contributed by atoms with van der Waals surface area (Å²) in [5.74, 6) is 2.75. The highest BCUT2D eigenvalue weighted by Crippen LogP contribution is 2.21. The van der Waals surface area contributed by atoms with Gasteiger partial charge in [0.15, 0.2) is 0 Å². The Morgan fingerprint density at radius 1 is 1.32 bits per heavy atom. The fourth-order valence-electron chi connectivity index (χ4n) is 1.62. The predicted molar refractivity (Wildman–Crippen MR) is 79.1 cm³/mol. The fourth-order valence-corrected chi connectivity index (χ4v) is 2.59. The molecular formula is C15H19NO2S. The van der Waals surface area contributed by atoms with Crippen LogP contribution in [0.1, 0.15) is 18.2 Å². The van der Waals surface area contributed by atoms with Crippen molar-refractivity contribution in [2.75, 3.05) is 12.4 Å². The Bertz CT molecular complexity index is 507. The van der Waals surface area contributed by atoms with Crippen LogP contribution in [-0.2, 0) is 5.75 Å². The van der Waals surface area contributed by atoms with E-state index in [0.29, 0.717) is 11.8 Å². The van der Waals surface area contributed by atoms with Crippen LogP contribution in [0.3, 0.4) is 0 Å². The summed E-state index contributed by atoms with van der Waals surface area (Å²) in [6.45, 7) is 4.33. The Morgan fingerprint density at radius 3 is 2.74 bits per heavy atom. The molecule has 0 aliphatic rings. The molecule has 2 rings (SSSR count). The summed E-state index contributed by atoms with van der Waals surface area (Å²) in [5, 5.41) is 8.96. The van der Waals surface area contributed by atoms with Gasteiger partial charge in [0, 0.05) is 17.9 Å². The SMILES string of the molecule is Cc1ccc(-c2nc(CSCC(C)CO)co2)cc1. The summed E-state index contributed by atoms with van der Waals surface area (Å²) in [6.07, 6.45) is 1.71. The van der Waals surface area contributed by atoms with E-state index < -0.39 is 0 Å². The first kappa shape index (κ1) is 14.2. The second-order valence-electron chi connectivity index (χ2n) is 4.81. The second-order valence-corrected chi connectivity index (χ2v) is 5.84. The quantitative estimate of drug-likeness (QED) is 0.877. The fraction of sp³-hybridized carbons (Fsp3) is 0.400. The average Bonchev–Trinajstić information content (AvgIpc) is 2.88. The van der Waals surface area contributed by atoms with Crippen molar-refractivity contribution < 1.29 is 9.52 Å². The lowest BCUT2D eigenvalue weighted by molar-refractivity contribution is 0.250. The molecule has 2 aromatic rings. The van der Waals surface area contributed by atoms with E-state index >= 15 is 0 Å². The van der Waals surface area contributed by atoms with Gasteiger partial charge in [0.1, 0.15) is 6.26 Å². The van der Waals surface area contributed by atoms with Gasteiger partial charge < -0.3 is 9.52 Å². The molecule has 1 atom stereocenters. The van der Waals surface area contributed by atoms with Crippen LogP contribution in [0.5, 0.6) is 0 Å². The van der Waals surface area contributed by atoms with Gasteiger partial charge in [-0.3, -0.25) is 0 Å². The zero-order valence-electron chi connectivity index (χ0n) is 11.3. The molecule has 1 aromatic heterocycles. The van der Waals surface area contributed by atoms with Crippen LogP contribution in [-0.4, -0.2) is 22.5 Å². The molecule has 0 spiro atoms. The Labute approximate surface area is 118 Å². The van der Waals surface area contributed by atoms with Crippen LogP contribution < -0.4 is 0 Å². The number of nitrogens with zero attached hydrogens (tertiary/aromatic N) is 1. The van der Waals surface area contributed by atoms with E-state index in [2.05, 4.69) is 24.0 Å². The second kappa shape index (κ2) is 6.78. The highest BCUT2D eigenvalue weighted by atomic mass is 32.2. The number of aromatic nitrogens is 1. The summed E-state index contributed by atoms with van der Waals surface area (Å²) in [4.78, 5) is 4.48. The van der Waals surface area contributed by atoms with Crippen molar-refractivity contribution in [3.05, 3.63) is 41.8 Å². The lowest BCUT2D eigenvalue weighted by Crippen LogP contribution is -2.03. The number of aliphatic hydroxyl groups is 1. The summed E-state index contributed by atoms with van der Waals surface area (Å²) in [6, 6.07) is 8.14. The average molecular weight is 277 g/mol. The largest absolute Gasteiger partial charge is 0.444 e. The summed E-state index contributed by atoms with van der Waals surface area (Å²) >= 11 is 1.77. The molecule has 102 valence electrons. The topological polar surface area (TPSA) is 46.3 Å². The van der Waals surface area contributed by atoms with Crippen molar-refractivity contribution in [1.29, 1.82) is 0 Å². The molecule has 0 bridgehead atoms. The molecule has 0 radical (unpaired) electrons. The first-order chi connectivity index (χ1) is 9.19. The molecule has 1 N–H and O–H groups in total. The van der Waals surface area contributed by atoms with Crippen LogP contribution in [0.25, 0.3) is 11.5 Å². The molecule has 19 heavy (non-hydrogen) atoms. The van der Waals surface area contributed by atoms with Gasteiger partial charge in [-0.05, 0) is 30.7 Å². The minimum atomic E-state index is 0.237. The maximum atomic E-state index is 8.96. The van der Waals surface area contributed by atoms with Crippen LogP contribution in [0.15, 0.2) is 34.9 Å². The number of hydrogen-bond donors (Lipinski definition) is 1. The van der Waals surface area contributed by atoms with Gasteiger partial charge in [0.05, 0.1) is 5.69 Å². The van der Waals surface area contributed by atoms with Crippen LogP contribution in [0.2, 0.25) is 0 Å². The van der Waals surface area contributed by atoms with E-state index in [1.54, 1.807) is 18.0 Å². The lowest BCUT2D eigenvalue weighted by Gasteiger charge is -2.04. The first-order valence-electron chi connectivity index (χ1n) is 6.39. The molecule has 4 heteroatoms. The van der Waals surface area contributed by atoms with Gasteiger partial charge in [-0.1, -0.05) is 24.6 Å². The number of oxazole rings is 1. The lowest BCUT2D eigenvalue weighted by atomic mass is 10.1. The predicted octanol–water partition coefficient (Wildman–Crippen LogP) is 3.51. The molecule has 0 saturated heterocycles. The maximum absolute atomic E-state index is 8.96. The van der Waals surface area contributed by atoms with Gasteiger partial charge in [-0.2, -0.15) is 11.8 Å². The molecular weight excluding hydrogens is 258 g/mol. The van der Waals surface area contributed by atoms with Crippen LogP contribution >= 0.6 is 11.8 Å². The van der Waals surface area contributed by atoms with Crippen molar-refractivity contribution in [2.24, 2.45) is 5.92 Å². The van der Waals surface area contributed by atoms with Crippen molar-refractivity contribution in [3.63, 3.8) is 0 Å². The Hall–Kier alpha value is -1.26. The van der Waals surface area contributed by atoms with Gasteiger partial charge in [0.25, 0.3) is 0 Å². The molecule has 3 nitrogen and oxygen atoms in total. The normalized spacial score (nSPS) is 12.6. The van der Waals surface area contributed by atoms with Crippen LogP contribution in [0, 0.1) is 12.8 Å². The summed E-state index contributed by atoms with van der Waals surface area (Å²) in [7, 11) is 0. The summed E-state index contributed by atoms with van der Waals surface area (Å²) < 4.78 is 5.50. The molecule has 1 unspecified atom stereocenters. The van der Waals surface area contributed by atoms with E-state index in [0.717, 1.165) is 22.8 Å². The molecule has 0 fully saturated rings. The minimum Gasteiger partial charge on any atom is -0.444 e. The molecule has 0 aliphatic heterocycles. The van der Waals surface area contributed by atoms with Crippen molar-refractivity contribution in [2.45, 2.75) is 19.6 Å². The number of rotatable bonds is 6. The number of benzene rings is 1. The smallest absolute Gasteiger partial charge is 0.226 e. The maximum Gasteiger partial charge on any atom is 0.226 e. The number of aryl methyl sites for hydroxylation is 1. The molecule has 1 heterocycles. The van der Waals surface area contributed by atoms with E-state index in [1.807, 2.05) is 19.1 Å². The molecule has 0 amide bonds. The van der Waals surface area contributed by atoms with Crippen molar-refractivity contribution in [1.82, 2.24) is 4.98 Å². The molecule has 1 aromatic carbocycles. The third kappa shape index (κ3) is 4.11. The van der Waals surface area contributed by atoms with Crippen molar-refractivity contribution >= 4 is 11.8 Å². The number of hydrogen-bond acceptors (Lipinski definition) is 4. The Kier molecular flexibility index (Phi) is 5.05. The highest BCUT2D eigenvalue weighted by Gasteiger charge is 2.07. The van der Waals surface area contributed by atoms with Crippen molar-refractivity contribution in [3.8, 4) is 11.5 Å². The standard InChI is InChI=1S/C15H19NO2S/c1-11-3-5-13(6-4-11)15-16-14(8-18-15)10-19-9-12(2)7-17/h3-6,8,12,17H,7,9-10H2,1-2H3. The third-order valence-corrected chi connectivity index (χ3v) is 4.12. The van der Waals surface area contributed by atoms with Gasteiger partial charge in [0.2, 0.25) is 5.89 Å². The minimum absolute atomic E-state index is 0.237.